The second-order valence-electron chi connectivity index (χ2n) is 7.65. The summed E-state index contributed by atoms with van der Waals surface area (Å²) in [4.78, 5) is 16.8. The van der Waals surface area contributed by atoms with E-state index in [9.17, 15) is 4.79 Å². The Balaban J connectivity index is 1.69. The SMILES string of the molecule is CC[C@@H](C)c1ccc(-n2c(C)cc(/C=C3\C(=N)N4N=C(SC)SC4=NC3=O)c2C)cc1. The number of rotatable bonds is 4. The number of thioether (sulfide) groups is 2. The van der Waals surface area contributed by atoms with Gasteiger partial charge in [-0.05, 0) is 79.6 Å². The number of amidine groups is 2. The van der Waals surface area contributed by atoms with Crippen molar-refractivity contribution < 1.29 is 4.79 Å². The van der Waals surface area contributed by atoms with E-state index in [4.69, 9.17) is 5.41 Å². The summed E-state index contributed by atoms with van der Waals surface area (Å²) in [6, 6.07) is 10.7. The third kappa shape index (κ3) is 3.90. The van der Waals surface area contributed by atoms with E-state index in [1.807, 2.05) is 26.2 Å². The van der Waals surface area contributed by atoms with Gasteiger partial charge in [0.25, 0.3) is 5.91 Å². The lowest BCUT2D eigenvalue weighted by molar-refractivity contribution is -0.114. The van der Waals surface area contributed by atoms with Crippen LogP contribution < -0.4 is 0 Å². The first-order valence-electron chi connectivity index (χ1n) is 10.2. The lowest BCUT2D eigenvalue weighted by Crippen LogP contribution is -2.35. The molecule has 0 radical (unpaired) electrons. The van der Waals surface area contributed by atoms with Crippen LogP contribution in [0.25, 0.3) is 11.8 Å². The highest BCUT2D eigenvalue weighted by Crippen LogP contribution is 2.32. The fraction of sp³-hybridized carbons (Fsp3) is 0.304. The quantitative estimate of drug-likeness (QED) is 0.619. The number of hydrogen-bond donors (Lipinski definition) is 1. The van der Waals surface area contributed by atoms with Gasteiger partial charge >= 0.3 is 0 Å². The number of carbonyl (C=O) groups excluding carboxylic acids is 1. The maximum absolute atomic E-state index is 12.6. The van der Waals surface area contributed by atoms with Crippen LogP contribution in [0.15, 0.2) is 46.0 Å². The third-order valence-corrected chi connectivity index (χ3v) is 7.60. The largest absolute Gasteiger partial charge is 0.318 e. The predicted octanol–water partition coefficient (Wildman–Crippen LogP) is 5.55. The molecule has 1 atom stereocenters. The fourth-order valence-corrected chi connectivity index (χ4v) is 5.08. The number of aliphatic imine (C=N–C) groups is 1. The molecule has 160 valence electrons. The molecule has 1 aromatic heterocycles. The maximum atomic E-state index is 12.6. The van der Waals surface area contributed by atoms with Gasteiger partial charge in [-0.1, -0.05) is 26.0 Å². The first kappa shape index (κ1) is 21.6. The number of fused-ring (bicyclic) bond motifs is 1. The molecule has 3 heterocycles. The number of nitrogens with one attached hydrogen (secondary N) is 1. The van der Waals surface area contributed by atoms with Crippen molar-refractivity contribution in [1.82, 2.24) is 9.58 Å². The van der Waals surface area contributed by atoms with Crippen LogP contribution in [-0.2, 0) is 4.79 Å². The van der Waals surface area contributed by atoms with Crippen LogP contribution in [0.5, 0.6) is 0 Å². The molecule has 2 aliphatic rings. The monoisotopic (exact) mass is 451 g/mol. The van der Waals surface area contributed by atoms with Crippen molar-refractivity contribution in [3.8, 4) is 5.69 Å². The second kappa shape index (κ2) is 8.51. The number of amides is 1. The molecule has 2 aliphatic heterocycles. The van der Waals surface area contributed by atoms with Gasteiger partial charge in [0.15, 0.2) is 10.2 Å². The van der Waals surface area contributed by atoms with Gasteiger partial charge in [-0.25, -0.2) is 0 Å². The molecule has 0 bridgehead atoms. The molecule has 0 spiro atoms. The zero-order valence-corrected chi connectivity index (χ0v) is 19.9. The van der Waals surface area contributed by atoms with Gasteiger partial charge in [0.05, 0.1) is 5.57 Å². The van der Waals surface area contributed by atoms with Crippen molar-refractivity contribution in [3.63, 3.8) is 0 Å². The highest BCUT2D eigenvalue weighted by Gasteiger charge is 2.35. The predicted molar refractivity (Wildman–Crippen MR) is 132 cm³/mol. The Kier molecular flexibility index (Phi) is 5.94. The van der Waals surface area contributed by atoms with Crippen LogP contribution in [0.2, 0.25) is 0 Å². The summed E-state index contributed by atoms with van der Waals surface area (Å²) < 4.78 is 2.95. The highest BCUT2D eigenvalue weighted by molar-refractivity contribution is 8.45. The normalized spacial score (nSPS) is 18.4. The summed E-state index contributed by atoms with van der Waals surface area (Å²) in [6.45, 7) is 8.52. The van der Waals surface area contributed by atoms with Crippen LogP contribution in [-0.4, -0.2) is 37.1 Å². The molecule has 0 fully saturated rings. The molecule has 1 aromatic carbocycles. The summed E-state index contributed by atoms with van der Waals surface area (Å²) in [5, 5.41) is 14.8. The van der Waals surface area contributed by atoms with Crippen LogP contribution in [0.3, 0.4) is 0 Å². The molecular formula is C23H25N5OS2. The van der Waals surface area contributed by atoms with Crippen molar-refractivity contribution in [2.24, 2.45) is 10.1 Å². The van der Waals surface area contributed by atoms with Gasteiger partial charge in [-0.3, -0.25) is 10.2 Å². The number of carbonyl (C=O) groups is 1. The Morgan fingerprint density at radius 1 is 1.26 bits per heavy atom. The molecule has 0 saturated heterocycles. The van der Waals surface area contributed by atoms with Crippen molar-refractivity contribution in [1.29, 1.82) is 5.41 Å². The van der Waals surface area contributed by atoms with Crippen molar-refractivity contribution in [3.05, 3.63) is 58.4 Å². The van der Waals surface area contributed by atoms with E-state index in [2.05, 4.69) is 52.8 Å². The Morgan fingerprint density at radius 2 is 1.97 bits per heavy atom. The molecule has 1 amide bonds. The van der Waals surface area contributed by atoms with Gasteiger partial charge in [-0.15, -0.1) is 16.9 Å². The summed E-state index contributed by atoms with van der Waals surface area (Å²) in [7, 11) is 0. The number of nitrogens with zero attached hydrogens (tertiary/aromatic N) is 4. The molecule has 2 aromatic rings. The van der Waals surface area contributed by atoms with E-state index in [1.165, 1.54) is 34.1 Å². The van der Waals surface area contributed by atoms with E-state index in [1.54, 1.807) is 6.08 Å². The molecule has 31 heavy (non-hydrogen) atoms. The number of hydrogen-bond acceptors (Lipinski definition) is 5. The zero-order valence-electron chi connectivity index (χ0n) is 18.3. The van der Waals surface area contributed by atoms with Crippen molar-refractivity contribution in [2.75, 3.05) is 6.26 Å². The Morgan fingerprint density at radius 3 is 2.61 bits per heavy atom. The molecule has 4 rings (SSSR count). The minimum absolute atomic E-state index is 0.0641. The number of hydrazone groups is 1. The molecule has 1 N–H and O–H groups in total. The number of aryl methyl sites for hydroxylation is 1. The van der Waals surface area contributed by atoms with Crippen LogP contribution >= 0.6 is 23.5 Å². The second-order valence-corrected chi connectivity index (χ2v) is 9.66. The van der Waals surface area contributed by atoms with Crippen molar-refractivity contribution in [2.45, 2.75) is 40.0 Å². The van der Waals surface area contributed by atoms with Crippen LogP contribution in [0, 0.1) is 19.3 Å². The summed E-state index contributed by atoms with van der Waals surface area (Å²) in [5.74, 6) is 0.200. The van der Waals surface area contributed by atoms with Gasteiger partial charge in [0, 0.05) is 17.1 Å². The zero-order chi connectivity index (χ0) is 22.3. The molecule has 6 nitrogen and oxygen atoms in total. The Hall–Kier alpha value is -2.58. The number of benzene rings is 1. The van der Waals surface area contributed by atoms with E-state index in [0.29, 0.717) is 11.1 Å². The molecule has 0 unspecified atom stereocenters. The molecule has 0 saturated carbocycles. The average Bonchev–Trinajstić information content (AvgIpc) is 3.30. The number of aromatic nitrogens is 1. The maximum Gasteiger partial charge on any atom is 0.283 e. The minimum Gasteiger partial charge on any atom is -0.318 e. The molecule has 0 aliphatic carbocycles. The van der Waals surface area contributed by atoms with Crippen molar-refractivity contribution >= 4 is 50.9 Å². The molecule has 8 heteroatoms. The first-order valence-corrected chi connectivity index (χ1v) is 12.2. The lowest BCUT2D eigenvalue weighted by atomic mass is 9.98. The first-order chi connectivity index (χ1) is 14.8. The average molecular weight is 452 g/mol. The van der Waals surface area contributed by atoms with Crippen LogP contribution in [0.4, 0.5) is 0 Å². The van der Waals surface area contributed by atoms with E-state index in [-0.39, 0.29) is 11.4 Å². The Bertz CT molecular complexity index is 1160. The summed E-state index contributed by atoms with van der Waals surface area (Å²) in [5.41, 5.74) is 5.65. The highest BCUT2D eigenvalue weighted by atomic mass is 32.2. The smallest absolute Gasteiger partial charge is 0.283 e. The summed E-state index contributed by atoms with van der Waals surface area (Å²) >= 11 is 2.79. The van der Waals surface area contributed by atoms with Crippen LogP contribution in [0.1, 0.15) is 48.7 Å². The van der Waals surface area contributed by atoms with Gasteiger partial charge in [-0.2, -0.15) is 10.0 Å². The van der Waals surface area contributed by atoms with E-state index < -0.39 is 5.91 Å². The van der Waals surface area contributed by atoms with Gasteiger partial charge in [0.1, 0.15) is 0 Å². The lowest BCUT2D eigenvalue weighted by Gasteiger charge is -2.20. The van der Waals surface area contributed by atoms with E-state index >= 15 is 0 Å². The van der Waals surface area contributed by atoms with Gasteiger partial charge < -0.3 is 4.57 Å². The summed E-state index contributed by atoms with van der Waals surface area (Å²) in [6.07, 6.45) is 4.78. The Labute approximate surface area is 191 Å². The standard InChI is InChI=1S/C23H25N5OS2/c1-6-13(2)16-7-9-18(10-8-16)27-14(3)11-17(15(27)4)12-19-20(24)28-22(25-21(19)29)31-23(26-28)30-5/h7-13,24H,6H2,1-5H3/b19-12+,24-20?/t13-/m1/s1. The fourth-order valence-electron chi connectivity index (χ4n) is 3.73. The van der Waals surface area contributed by atoms with Gasteiger partial charge in [0.2, 0.25) is 5.17 Å². The van der Waals surface area contributed by atoms with E-state index in [0.717, 1.165) is 33.4 Å². The topological polar surface area (TPSA) is 73.8 Å². The molecular weight excluding hydrogens is 426 g/mol. The minimum atomic E-state index is -0.399. The third-order valence-electron chi connectivity index (χ3n) is 5.71.